The van der Waals surface area contributed by atoms with Crippen LogP contribution in [0.5, 0.6) is 0 Å². The molecule has 1 heterocycles. The van der Waals surface area contributed by atoms with Gasteiger partial charge in [-0.1, -0.05) is 12.1 Å². The van der Waals surface area contributed by atoms with Crippen molar-refractivity contribution >= 4 is 40.7 Å². The van der Waals surface area contributed by atoms with Gasteiger partial charge in [-0.2, -0.15) is 11.8 Å². The summed E-state index contributed by atoms with van der Waals surface area (Å²) in [6, 6.07) is 14.1. The van der Waals surface area contributed by atoms with Crippen LogP contribution in [0, 0.1) is 5.82 Å². The van der Waals surface area contributed by atoms with Crippen molar-refractivity contribution in [1.29, 1.82) is 0 Å². The monoisotopic (exact) mass is 445 g/mol. The molecule has 1 aliphatic heterocycles. The second-order valence-electron chi connectivity index (χ2n) is 7.34. The van der Waals surface area contributed by atoms with Gasteiger partial charge in [0.05, 0.1) is 0 Å². The third-order valence-corrected chi connectivity index (χ3v) is 6.33. The number of piperidine rings is 1. The van der Waals surface area contributed by atoms with Crippen LogP contribution in [0.3, 0.4) is 0 Å². The Morgan fingerprint density at radius 2 is 1.73 bits per heavy atom. The first-order valence-electron chi connectivity index (χ1n) is 10.4. The van der Waals surface area contributed by atoms with E-state index in [0.717, 1.165) is 67.2 Å². The quantitative estimate of drug-likeness (QED) is 0.439. The zero-order valence-electron chi connectivity index (χ0n) is 17.0. The highest BCUT2D eigenvalue weighted by molar-refractivity contribution is 7.98. The molecule has 0 spiro atoms. The first kappa shape index (κ1) is 22.6. The van der Waals surface area contributed by atoms with Crippen molar-refractivity contribution in [3.05, 3.63) is 65.5 Å². The third-order valence-electron chi connectivity index (χ3n) is 4.97. The van der Waals surface area contributed by atoms with Crippen LogP contribution in [0.1, 0.15) is 41.6 Å². The van der Waals surface area contributed by atoms with Crippen LogP contribution in [-0.4, -0.2) is 41.3 Å². The van der Waals surface area contributed by atoms with Crippen LogP contribution in [0.2, 0.25) is 0 Å². The number of hydrogen-bond acceptors (Lipinski definition) is 3. The molecule has 160 valence electrons. The van der Waals surface area contributed by atoms with E-state index in [0.29, 0.717) is 5.11 Å². The predicted molar refractivity (Wildman–Crippen MR) is 128 cm³/mol. The van der Waals surface area contributed by atoms with E-state index in [9.17, 15) is 9.18 Å². The van der Waals surface area contributed by atoms with Gasteiger partial charge >= 0.3 is 0 Å². The van der Waals surface area contributed by atoms with Gasteiger partial charge in [0, 0.05) is 36.6 Å². The highest BCUT2D eigenvalue weighted by Gasteiger charge is 2.17. The number of halogens is 1. The predicted octanol–water partition coefficient (Wildman–Crippen LogP) is 5.06. The second kappa shape index (κ2) is 11.9. The fraction of sp³-hybridized carbons (Fsp3) is 0.391. The first-order valence-corrected chi connectivity index (χ1v) is 11.9. The summed E-state index contributed by atoms with van der Waals surface area (Å²) in [5.41, 5.74) is 2.72. The minimum absolute atomic E-state index is 0.111. The van der Waals surface area contributed by atoms with Gasteiger partial charge in [0.15, 0.2) is 5.11 Å². The zero-order valence-corrected chi connectivity index (χ0v) is 18.7. The molecule has 1 aliphatic rings. The standard InChI is InChI=1S/C23H28FN3OS2/c24-20-9-5-18(6-10-20)17-30-16-4-13-25-23(29)26-21-11-7-19(8-12-21)22(28)27-14-2-1-3-15-27/h5-12H,1-4,13-17H2,(H2,25,26,29). The van der Waals surface area contributed by atoms with Crippen molar-refractivity contribution in [2.75, 3.05) is 30.7 Å². The molecule has 7 heteroatoms. The molecule has 1 amide bonds. The fourth-order valence-electron chi connectivity index (χ4n) is 3.30. The molecule has 2 aromatic rings. The molecule has 0 aromatic heterocycles. The van der Waals surface area contributed by atoms with Crippen molar-refractivity contribution in [3.63, 3.8) is 0 Å². The van der Waals surface area contributed by atoms with Gasteiger partial charge in [-0.15, -0.1) is 0 Å². The number of carbonyl (C=O) groups excluding carboxylic acids is 1. The van der Waals surface area contributed by atoms with Gasteiger partial charge in [-0.3, -0.25) is 4.79 Å². The number of carbonyl (C=O) groups is 1. The topological polar surface area (TPSA) is 44.4 Å². The Morgan fingerprint density at radius 1 is 1.03 bits per heavy atom. The summed E-state index contributed by atoms with van der Waals surface area (Å²) < 4.78 is 12.9. The molecular formula is C23H28FN3OS2. The average Bonchev–Trinajstić information content (AvgIpc) is 2.78. The summed E-state index contributed by atoms with van der Waals surface area (Å²) in [5.74, 6) is 1.79. The maximum Gasteiger partial charge on any atom is 0.253 e. The van der Waals surface area contributed by atoms with E-state index in [1.807, 2.05) is 53.1 Å². The lowest BCUT2D eigenvalue weighted by molar-refractivity contribution is 0.0724. The summed E-state index contributed by atoms with van der Waals surface area (Å²) in [6.07, 6.45) is 4.38. The Kier molecular flexibility index (Phi) is 8.96. The van der Waals surface area contributed by atoms with E-state index in [2.05, 4.69) is 10.6 Å². The smallest absolute Gasteiger partial charge is 0.253 e. The Balaban J connectivity index is 1.31. The maximum atomic E-state index is 12.9. The third kappa shape index (κ3) is 7.29. The number of anilines is 1. The molecule has 0 saturated carbocycles. The summed E-state index contributed by atoms with van der Waals surface area (Å²) in [4.78, 5) is 14.5. The minimum atomic E-state index is -0.197. The van der Waals surface area contributed by atoms with Crippen molar-refractivity contribution in [3.8, 4) is 0 Å². The number of rotatable bonds is 8. The molecule has 1 saturated heterocycles. The van der Waals surface area contributed by atoms with Crippen LogP contribution in [-0.2, 0) is 5.75 Å². The number of likely N-dealkylation sites (tertiary alicyclic amines) is 1. The largest absolute Gasteiger partial charge is 0.362 e. The molecule has 0 unspecified atom stereocenters. The Bertz CT molecular complexity index is 821. The maximum absolute atomic E-state index is 12.9. The number of thioether (sulfide) groups is 1. The highest BCUT2D eigenvalue weighted by atomic mass is 32.2. The normalized spacial score (nSPS) is 13.7. The summed E-state index contributed by atoms with van der Waals surface area (Å²) in [5, 5.41) is 6.95. The van der Waals surface area contributed by atoms with Gasteiger partial charge in [-0.25, -0.2) is 4.39 Å². The summed E-state index contributed by atoms with van der Waals surface area (Å²) in [6.45, 7) is 2.50. The Morgan fingerprint density at radius 3 is 2.43 bits per heavy atom. The van der Waals surface area contributed by atoms with Crippen LogP contribution in [0.15, 0.2) is 48.5 Å². The lowest BCUT2D eigenvalue weighted by Gasteiger charge is -2.26. The van der Waals surface area contributed by atoms with Crippen molar-refractivity contribution < 1.29 is 9.18 Å². The lowest BCUT2D eigenvalue weighted by atomic mass is 10.1. The van der Waals surface area contributed by atoms with Gasteiger partial charge in [-0.05, 0) is 85.6 Å². The van der Waals surface area contributed by atoms with E-state index in [-0.39, 0.29) is 11.7 Å². The zero-order chi connectivity index (χ0) is 21.2. The van der Waals surface area contributed by atoms with Crippen LogP contribution in [0.25, 0.3) is 0 Å². The van der Waals surface area contributed by atoms with E-state index in [1.165, 1.54) is 18.6 Å². The van der Waals surface area contributed by atoms with Crippen LogP contribution in [0.4, 0.5) is 10.1 Å². The highest BCUT2D eigenvalue weighted by Crippen LogP contribution is 2.16. The fourth-order valence-corrected chi connectivity index (χ4v) is 4.44. The van der Waals surface area contributed by atoms with E-state index in [4.69, 9.17) is 12.2 Å². The number of amides is 1. The molecule has 30 heavy (non-hydrogen) atoms. The van der Waals surface area contributed by atoms with Crippen LogP contribution >= 0.6 is 24.0 Å². The van der Waals surface area contributed by atoms with Crippen LogP contribution < -0.4 is 10.6 Å². The molecule has 2 N–H and O–H groups in total. The Hall–Kier alpha value is -2.12. The number of benzene rings is 2. The van der Waals surface area contributed by atoms with Gasteiger partial charge < -0.3 is 15.5 Å². The SMILES string of the molecule is O=C(c1ccc(NC(=S)NCCCSCc2ccc(F)cc2)cc1)N1CCCCC1. The molecule has 4 nitrogen and oxygen atoms in total. The number of nitrogens with one attached hydrogen (secondary N) is 2. The van der Waals surface area contributed by atoms with E-state index in [1.54, 1.807) is 0 Å². The lowest BCUT2D eigenvalue weighted by Crippen LogP contribution is -2.35. The van der Waals surface area contributed by atoms with Crippen molar-refractivity contribution in [2.45, 2.75) is 31.4 Å². The summed E-state index contributed by atoms with van der Waals surface area (Å²) in [7, 11) is 0. The van der Waals surface area contributed by atoms with E-state index < -0.39 is 0 Å². The van der Waals surface area contributed by atoms with Gasteiger partial charge in [0.25, 0.3) is 5.91 Å². The van der Waals surface area contributed by atoms with Gasteiger partial charge in [0.2, 0.25) is 0 Å². The first-order chi connectivity index (χ1) is 14.6. The molecule has 0 atom stereocenters. The molecule has 0 radical (unpaired) electrons. The average molecular weight is 446 g/mol. The number of nitrogens with zero attached hydrogens (tertiary/aromatic N) is 1. The molecule has 0 aliphatic carbocycles. The Labute approximate surface area is 187 Å². The molecule has 0 bridgehead atoms. The van der Waals surface area contributed by atoms with E-state index >= 15 is 0 Å². The number of hydrogen-bond donors (Lipinski definition) is 2. The molecule has 2 aromatic carbocycles. The van der Waals surface area contributed by atoms with Gasteiger partial charge in [0.1, 0.15) is 5.82 Å². The minimum Gasteiger partial charge on any atom is -0.362 e. The van der Waals surface area contributed by atoms with Crippen molar-refractivity contribution in [2.24, 2.45) is 0 Å². The summed E-state index contributed by atoms with van der Waals surface area (Å²) >= 11 is 7.17. The molecule has 1 fully saturated rings. The molecule has 3 rings (SSSR count). The number of thiocarbonyl (C=S) groups is 1. The second-order valence-corrected chi connectivity index (χ2v) is 8.86. The van der Waals surface area contributed by atoms with Crippen molar-refractivity contribution in [1.82, 2.24) is 10.2 Å². The molecular weight excluding hydrogens is 417 g/mol.